The van der Waals surface area contributed by atoms with Crippen LogP contribution in [-0.4, -0.2) is 66.6 Å². The minimum Gasteiger partial charge on any atom is -0.355 e. The quantitative estimate of drug-likeness (QED) is 0.492. The molecule has 2 aromatic heterocycles. The monoisotopic (exact) mass is 438 g/mol. The lowest BCUT2D eigenvalue weighted by atomic mass is 10.1. The molecule has 0 aliphatic carbocycles. The van der Waals surface area contributed by atoms with Crippen molar-refractivity contribution in [1.29, 1.82) is 0 Å². The second kappa shape index (κ2) is 9.72. The summed E-state index contributed by atoms with van der Waals surface area (Å²) in [4.78, 5) is 25.0. The molecule has 3 heterocycles. The van der Waals surface area contributed by atoms with Gasteiger partial charge in [0, 0.05) is 61.1 Å². The minimum absolute atomic E-state index is 0.0735. The van der Waals surface area contributed by atoms with Gasteiger partial charge in [-0.1, -0.05) is 6.07 Å². The molecule has 1 aliphatic heterocycles. The molecule has 164 valence electrons. The molecule has 1 fully saturated rings. The summed E-state index contributed by atoms with van der Waals surface area (Å²) in [5.41, 5.74) is 2.63. The van der Waals surface area contributed by atoms with Gasteiger partial charge in [0.25, 0.3) is 5.91 Å². The van der Waals surface area contributed by atoms with Gasteiger partial charge < -0.3 is 20.9 Å². The number of anilines is 1. The second-order valence-corrected chi connectivity index (χ2v) is 9.15. The molecular formula is C23H30N6OS. The number of nitrogens with one attached hydrogen (secondary N) is 3. The normalized spacial score (nSPS) is 17.1. The summed E-state index contributed by atoms with van der Waals surface area (Å²) < 4.78 is 1.08. The van der Waals surface area contributed by atoms with E-state index in [9.17, 15) is 4.79 Å². The molecule has 1 aliphatic rings. The van der Waals surface area contributed by atoms with Crippen LogP contribution in [0.5, 0.6) is 0 Å². The maximum atomic E-state index is 12.2. The highest BCUT2D eigenvalue weighted by molar-refractivity contribution is 7.22. The van der Waals surface area contributed by atoms with E-state index in [4.69, 9.17) is 4.98 Å². The maximum absolute atomic E-state index is 12.2. The Morgan fingerprint density at radius 2 is 2.26 bits per heavy atom. The van der Waals surface area contributed by atoms with Gasteiger partial charge in [0.05, 0.1) is 10.6 Å². The number of hydrogen-bond acceptors (Lipinski definition) is 7. The zero-order valence-corrected chi connectivity index (χ0v) is 19.2. The SMILES string of the molecule is CNC(=O)c1cccc2sc(-c3nc(NCCCN4CCNC(C)C4)ncc3C)cc12. The van der Waals surface area contributed by atoms with Crippen molar-refractivity contribution in [2.45, 2.75) is 26.3 Å². The van der Waals surface area contributed by atoms with E-state index in [1.54, 1.807) is 18.4 Å². The van der Waals surface area contributed by atoms with Crippen LogP contribution >= 0.6 is 11.3 Å². The highest BCUT2D eigenvalue weighted by Crippen LogP contribution is 2.35. The first-order chi connectivity index (χ1) is 15.0. The molecule has 3 aromatic rings. The summed E-state index contributed by atoms with van der Waals surface area (Å²) in [6, 6.07) is 8.45. The highest BCUT2D eigenvalue weighted by atomic mass is 32.1. The van der Waals surface area contributed by atoms with Crippen molar-refractivity contribution in [3.05, 3.63) is 41.6 Å². The molecule has 7 nitrogen and oxygen atoms in total. The van der Waals surface area contributed by atoms with Crippen molar-refractivity contribution in [2.24, 2.45) is 0 Å². The fraction of sp³-hybridized carbons (Fsp3) is 0.435. The first-order valence-corrected chi connectivity index (χ1v) is 11.6. The van der Waals surface area contributed by atoms with Gasteiger partial charge in [-0.2, -0.15) is 0 Å². The van der Waals surface area contributed by atoms with E-state index in [0.717, 1.165) is 65.4 Å². The van der Waals surface area contributed by atoms with E-state index >= 15 is 0 Å². The van der Waals surface area contributed by atoms with Crippen LogP contribution in [0.2, 0.25) is 0 Å². The number of thiophene rings is 1. The molecule has 1 amide bonds. The van der Waals surface area contributed by atoms with Gasteiger partial charge >= 0.3 is 0 Å². The predicted molar refractivity (Wildman–Crippen MR) is 128 cm³/mol. The van der Waals surface area contributed by atoms with Crippen molar-refractivity contribution < 1.29 is 4.79 Å². The number of benzene rings is 1. The fourth-order valence-electron chi connectivity index (χ4n) is 4.01. The van der Waals surface area contributed by atoms with Gasteiger partial charge in [-0.05, 0) is 50.6 Å². The first kappa shape index (κ1) is 21.7. The standard InChI is InChI=1S/C23H30N6OS/c1-15-13-27-23(26-8-5-10-29-11-9-25-16(2)14-29)28-21(15)20-12-18-17(22(30)24-3)6-4-7-19(18)31-20/h4,6-7,12-13,16,25H,5,8-11,14H2,1-3H3,(H,24,30)(H,26,27,28). The molecule has 1 saturated heterocycles. The fourth-order valence-corrected chi connectivity index (χ4v) is 5.15. The first-order valence-electron chi connectivity index (χ1n) is 10.8. The number of piperazine rings is 1. The summed E-state index contributed by atoms with van der Waals surface area (Å²) in [6.07, 6.45) is 2.92. The van der Waals surface area contributed by atoms with E-state index in [0.29, 0.717) is 17.6 Å². The van der Waals surface area contributed by atoms with E-state index in [1.807, 2.05) is 31.3 Å². The van der Waals surface area contributed by atoms with Crippen LogP contribution in [-0.2, 0) is 0 Å². The Morgan fingerprint density at radius 1 is 1.39 bits per heavy atom. The van der Waals surface area contributed by atoms with Crippen LogP contribution in [0.25, 0.3) is 20.7 Å². The molecule has 0 saturated carbocycles. The average Bonchev–Trinajstić information content (AvgIpc) is 3.21. The summed E-state index contributed by atoms with van der Waals surface area (Å²) in [5, 5.41) is 10.5. The van der Waals surface area contributed by atoms with Crippen LogP contribution < -0.4 is 16.0 Å². The lowest BCUT2D eigenvalue weighted by Gasteiger charge is -2.31. The summed E-state index contributed by atoms with van der Waals surface area (Å²) in [6.45, 7) is 9.46. The van der Waals surface area contributed by atoms with Gasteiger partial charge in [-0.15, -0.1) is 11.3 Å². The van der Waals surface area contributed by atoms with Crippen LogP contribution in [0.15, 0.2) is 30.5 Å². The zero-order chi connectivity index (χ0) is 21.8. The lowest BCUT2D eigenvalue weighted by Crippen LogP contribution is -2.49. The van der Waals surface area contributed by atoms with Crippen molar-refractivity contribution in [3.8, 4) is 10.6 Å². The van der Waals surface area contributed by atoms with E-state index < -0.39 is 0 Å². The highest BCUT2D eigenvalue weighted by Gasteiger charge is 2.16. The molecule has 0 bridgehead atoms. The molecule has 0 radical (unpaired) electrons. The van der Waals surface area contributed by atoms with Crippen molar-refractivity contribution >= 4 is 33.3 Å². The summed E-state index contributed by atoms with van der Waals surface area (Å²) in [7, 11) is 1.66. The Balaban J connectivity index is 1.46. The topological polar surface area (TPSA) is 82.2 Å². The number of aryl methyl sites for hydroxylation is 1. The Morgan fingerprint density at radius 3 is 3.06 bits per heavy atom. The molecule has 1 unspecified atom stereocenters. The predicted octanol–water partition coefficient (Wildman–Crippen LogP) is 3.12. The number of fused-ring (bicyclic) bond motifs is 1. The van der Waals surface area contributed by atoms with Gasteiger partial charge in [-0.25, -0.2) is 9.97 Å². The summed E-state index contributed by atoms with van der Waals surface area (Å²) in [5.74, 6) is 0.578. The van der Waals surface area contributed by atoms with Crippen LogP contribution in [0.3, 0.4) is 0 Å². The van der Waals surface area contributed by atoms with Gasteiger partial charge in [0.2, 0.25) is 5.95 Å². The largest absolute Gasteiger partial charge is 0.355 e. The molecule has 1 aromatic carbocycles. The molecule has 8 heteroatoms. The van der Waals surface area contributed by atoms with E-state index in [1.165, 1.54) is 0 Å². The van der Waals surface area contributed by atoms with E-state index in [2.05, 4.69) is 38.8 Å². The summed E-state index contributed by atoms with van der Waals surface area (Å²) >= 11 is 1.65. The van der Waals surface area contributed by atoms with Crippen molar-refractivity contribution in [1.82, 2.24) is 25.5 Å². The van der Waals surface area contributed by atoms with Crippen LogP contribution in [0.1, 0.15) is 29.3 Å². The van der Waals surface area contributed by atoms with Gasteiger partial charge in [0.1, 0.15) is 0 Å². The number of nitrogens with zero attached hydrogens (tertiary/aromatic N) is 3. The number of aromatic nitrogens is 2. The maximum Gasteiger partial charge on any atom is 0.251 e. The van der Waals surface area contributed by atoms with E-state index in [-0.39, 0.29) is 5.91 Å². The Labute approximate surface area is 187 Å². The number of rotatable bonds is 7. The molecule has 0 spiro atoms. The zero-order valence-electron chi connectivity index (χ0n) is 18.4. The number of amides is 1. The van der Waals surface area contributed by atoms with Crippen molar-refractivity contribution in [2.75, 3.05) is 45.1 Å². The number of hydrogen-bond donors (Lipinski definition) is 3. The molecule has 4 rings (SSSR count). The van der Waals surface area contributed by atoms with Gasteiger partial charge in [0.15, 0.2) is 0 Å². The second-order valence-electron chi connectivity index (χ2n) is 8.07. The molecular weight excluding hydrogens is 408 g/mol. The third-order valence-corrected chi connectivity index (χ3v) is 6.73. The minimum atomic E-state index is -0.0735. The smallest absolute Gasteiger partial charge is 0.251 e. The van der Waals surface area contributed by atoms with Gasteiger partial charge in [-0.3, -0.25) is 4.79 Å². The lowest BCUT2D eigenvalue weighted by molar-refractivity contribution is 0.0964. The van der Waals surface area contributed by atoms with Crippen LogP contribution in [0, 0.1) is 6.92 Å². The third kappa shape index (κ3) is 5.03. The third-order valence-electron chi connectivity index (χ3n) is 5.63. The Bertz CT molecular complexity index is 1070. The van der Waals surface area contributed by atoms with Crippen molar-refractivity contribution in [3.63, 3.8) is 0 Å². The van der Waals surface area contributed by atoms with Crippen LogP contribution in [0.4, 0.5) is 5.95 Å². The number of carbonyl (C=O) groups is 1. The molecule has 1 atom stereocenters. The molecule has 31 heavy (non-hydrogen) atoms. The number of carbonyl (C=O) groups excluding carboxylic acids is 1. The Kier molecular flexibility index (Phi) is 6.80. The molecule has 3 N–H and O–H groups in total. The Hall–Kier alpha value is -2.55. The average molecular weight is 439 g/mol.